The highest BCUT2D eigenvalue weighted by Crippen LogP contribution is 2.09. The number of hydrogen-bond acceptors (Lipinski definition) is 3. The minimum atomic E-state index is -0.0282. The molecule has 0 saturated carbocycles. The zero-order chi connectivity index (χ0) is 15.9. The molecule has 0 unspecified atom stereocenters. The lowest BCUT2D eigenvalue weighted by Crippen LogP contribution is -2.29. The predicted molar refractivity (Wildman–Crippen MR) is 85.2 cm³/mol. The molecule has 1 aromatic carbocycles. The molecule has 22 heavy (non-hydrogen) atoms. The summed E-state index contributed by atoms with van der Waals surface area (Å²) in [7, 11) is 1.79. The molecule has 2 rings (SSSR count). The van der Waals surface area contributed by atoms with Crippen molar-refractivity contribution in [2.45, 2.75) is 33.5 Å². The molecule has 1 aromatic heterocycles. The molecule has 0 radical (unpaired) electrons. The lowest BCUT2D eigenvalue weighted by molar-refractivity contribution is -0.135. The van der Waals surface area contributed by atoms with Crippen molar-refractivity contribution in [1.29, 1.82) is 0 Å². The first-order valence-corrected chi connectivity index (χ1v) is 7.48. The molecule has 118 valence electrons. The van der Waals surface area contributed by atoms with Gasteiger partial charge in [-0.2, -0.15) is 5.10 Å². The summed E-state index contributed by atoms with van der Waals surface area (Å²) in [4.78, 5) is 13.8. The second-order valence-corrected chi connectivity index (χ2v) is 5.32. The van der Waals surface area contributed by atoms with Gasteiger partial charge in [0.15, 0.2) is 0 Å². The topological polar surface area (TPSA) is 47.4 Å². The van der Waals surface area contributed by atoms with Gasteiger partial charge in [-0.05, 0) is 19.4 Å². The average Bonchev–Trinajstić information content (AvgIpc) is 2.88. The molecule has 1 amide bonds. The number of aryl methyl sites for hydroxylation is 2. The van der Waals surface area contributed by atoms with Crippen molar-refractivity contribution in [3.63, 3.8) is 0 Å². The van der Waals surface area contributed by atoms with Gasteiger partial charge in [-0.15, -0.1) is 0 Å². The molecule has 0 aliphatic rings. The number of rotatable bonds is 7. The van der Waals surface area contributed by atoms with E-state index in [1.165, 1.54) is 0 Å². The van der Waals surface area contributed by atoms with Gasteiger partial charge in [0.1, 0.15) is 6.61 Å². The third kappa shape index (κ3) is 4.43. The SMILES string of the molecule is CCn1cc(CN(C)C(=O)COCc2ccccc2)c(C)n1. The van der Waals surface area contributed by atoms with Crippen LogP contribution in [0.2, 0.25) is 0 Å². The Morgan fingerprint density at radius 1 is 1.32 bits per heavy atom. The number of carbonyl (C=O) groups excluding carboxylic acids is 1. The normalized spacial score (nSPS) is 10.7. The summed E-state index contributed by atoms with van der Waals surface area (Å²) in [6.07, 6.45) is 1.99. The van der Waals surface area contributed by atoms with E-state index < -0.39 is 0 Å². The quantitative estimate of drug-likeness (QED) is 0.789. The van der Waals surface area contributed by atoms with E-state index in [-0.39, 0.29) is 12.5 Å². The molecule has 0 N–H and O–H groups in total. The molecule has 1 heterocycles. The highest BCUT2D eigenvalue weighted by Gasteiger charge is 2.12. The van der Waals surface area contributed by atoms with Crippen molar-refractivity contribution in [3.8, 4) is 0 Å². The van der Waals surface area contributed by atoms with Crippen molar-refractivity contribution < 1.29 is 9.53 Å². The van der Waals surface area contributed by atoms with Gasteiger partial charge < -0.3 is 9.64 Å². The minimum Gasteiger partial charge on any atom is -0.367 e. The molecule has 0 aliphatic carbocycles. The zero-order valence-corrected chi connectivity index (χ0v) is 13.5. The zero-order valence-electron chi connectivity index (χ0n) is 13.5. The number of nitrogens with zero attached hydrogens (tertiary/aromatic N) is 3. The Hall–Kier alpha value is -2.14. The molecular weight excluding hydrogens is 278 g/mol. The van der Waals surface area contributed by atoms with Gasteiger partial charge in [-0.25, -0.2) is 0 Å². The Morgan fingerprint density at radius 2 is 2.05 bits per heavy atom. The smallest absolute Gasteiger partial charge is 0.248 e. The lowest BCUT2D eigenvalue weighted by Gasteiger charge is -2.16. The van der Waals surface area contributed by atoms with E-state index in [0.29, 0.717) is 13.2 Å². The summed E-state index contributed by atoms with van der Waals surface area (Å²) < 4.78 is 7.37. The van der Waals surface area contributed by atoms with Crippen LogP contribution in [0.25, 0.3) is 0 Å². The summed E-state index contributed by atoms with van der Waals surface area (Å²) in [6.45, 7) is 5.94. The molecule has 0 saturated heterocycles. The molecule has 2 aromatic rings. The monoisotopic (exact) mass is 301 g/mol. The first kappa shape index (κ1) is 16.2. The number of aromatic nitrogens is 2. The van der Waals surface area contributed by atoms with E-state index >= 15 is 0 Å². The summed E-state index contributed by atoms with van der Waals surface area (Å²) in [5.41, 5.74) is 3.10. The van der Waals surface area contributed by atoms with E-state index in [1.807, 2.05) is 55.1 Å². The molecule has 0 atom stereocenters. The van der Waals surface area contributed by atoms with Crippen LogP contribution >= 0.6 is 0 Å². The van der Waals surface area contributed by atoms with E-state index in [9.17, 15) is 4.79 Å². The highest BCUT2D eigenvalue weighted by molar-refractivity contribution is 5.77. The standard InChI is InChI=1S/C17H23N3O2/c1-4-20-11-16(14(2)18-20)10-19(3)17(21)13-22-12-15-8-6-5-7-9-15/h5-9,11H,4,10,12-13H2,1-3H3. The van der Waals surface area contributed by atoms with Gasteiger partial charge in [-0.3, -0.25) is 9.48 Å². The number of ether oxygens (including phenoxy) is 1. The third-order valence-electron chi connectivity index (χ3n) is 3.54. The molecule has 0 aliphatic heterocycles. The van der Waals surface area contributed by atoms with Crippen LogP contribution in [0.15, 0.2) is 36.5 Å². The van der Waals surface area contributed by atoms with Crippen LogP contribution < -0.4 is 0 Å². The fraction of sp³-hybridized carbons (Fsp3) is 0.412. The van der Waals surface area contributed by atoms with Crippen LogP contribution in [-0.2, 0) is 29.2 Å². The Morgan fingerprint density at radius 3 is 2.68 bits per heavy atom. The maximum absolute atomic E-state index is 12.1. The van der Waals surface area contributed by atoms with Crippen molar-refractivity contribution in [3.05, 3.63) is 53.3 Å². The van der Waals surface area contributed by atoms with Crippen molar-refractivity contribution in [2.75, 3.05) is 13.7 Å². The van der Waals surface area contributed by atoms with Crippen LogP contribution in [0.4, 0.5) is 0 Å². The molecule has 0 spiro atoms. The average molecular weight is 301 g/mol. The molecular formula is C17H23N3O2. The molecule has 0 fully saturated rings. The molecule has 5 heteroatoms. The third-order valence-corrected chi connectivity index (χ3v) is 3.54. The fourth-order valence-corrected chi connectivity index (χ4v) is 2.16. The number of carbonyl (C=O) groups is 1. The van der Waals surface area contributed by atoms with Gasteiger partial charge in [0, 0.05) is 31.9 Å². The summed E-state index contributed by atoms with van der Waals surface area (Å²) >= 11 is 0. The van der Waals surface area contributed by atoms with Crippen LogP contribution in [0.5, 0.6) is 0 Å². The Labute approximate surface area is 131 Å². The Kier molecular flexibility index (Phi) is 5.72. The largest absolute Gasteiger partial charge is 0.367 e. The maximum Gasteiger partial charge on any atom is 0.248 e. The second kappa shape index (κ2) is 7.75. The van der Waals surface area contributed by atoms with Gasteiger partial charge in [-0.1, -0.05) is 30.3 Å². The molecule has 5 nitrogen and oxygen atoms in total. The summed E-state index contributed by atoms with van der Waals surface area (Å²) in [5, 5.41) is 4.39. The first-order chi connectivity index (χ1) is 10.6. The van der Waals surface area contributed by atoms with E-state index in [4.69, 9.17) is 4.74 Å². The van der Waals surface area contributed by atoms with E-state index in [1.54, 1.807) is 11.9 Å². The van der Waals surface area contributed by atoms with Crippen LogP contribution in [0.3, 0.4) is 0 Å². The highest BCUT2D eigenvalue weighted by atomic mass is 16.5. The van der Waals surface area contributed by atoms with E-state index in [2.05, 4.69) is 5.10 Å². The lowest BCUT2D eigenvalue weighted by atomic mass is 10.2. The second-order valence-electron chi connectivity index (χ2n) is 5.32. The first-order valence-electron chi connectivity index (χ1n) is 7.48. The van der Waals surface area contributed by atoms with Crippen molar-refractivity contribution >= 4 is 5.91 Å². The predicted octanol–water partition coefficient (Wildman–Crippen LogP) is 2.39. The van der Waals surface area contributed by atoms with Gasteiger partial charge in [0.25, 0.3) is 0 Å². The van der Waals surface area contributed by atoms with E-state index in [0.717, 1.165) is 23.4 Å². The van der Waals surface area contributed by atoms with Crippen molar-refractivity contribution in [1.82, 2.24) is 14.7 Å². The summed E-state index contributed by atoms with van der Waals surface area (Å²) in [5.74, 6) is -0.0282. The number of amides is 1. The molecule has 0 bridgehead atoms. The summed E-state index contributed by atoms with van der Waals surface area (Å²) in [6, 6.07) is 9.84. The fourth-order valence-electron chi connectivity index (χ4n) is 2.16. The number of likely N-dealkylation sites (N-methyl/N-ethyl adjacent to an activating group) is 1. The minimum absolute atomic E-state index is 0.0282. The van der Waals surface area contributed by atoms with Gasteiger partial charge in [0.05, 0.1) is 12.3 Å². The Balaban J connectivity index is 1.80. The van der Waals surface area contributed by atoms with Gasteiger partial charge >= 0.3 is 0 Å². The van der Waals surface area contributed by atoms with Gasteiger partial charge in [0.2, 0.25) is 5.91 Å². The van der Waals surface area contributed by atoms with Crippen LogP contribution in [0, 0.1) is 6.92 Å². The number of benzene rings is 1. The maximum atomic E-state index is 12.1. The van der Waals surface area contributed by atoms with Crippen LogP contribution in [0.1, 0.15) is 23.7 Å². The number of hydrogen-bond donors (Lipinski definition) is 0. The Bertz CT molecular complexity index is 608. The van der Waals surface area contributed by atoms with Crippen LogP contribution in [-0.4, -0.2) is 34.2 Å². The van der Waals surface area contributed by atoms with Crippen molar-refractivity contribution in [2.24, 2.45) is 0 Å².